The Kier molecular flexibility index (Phi) is 6.00. The van der Waals surface area contributed by atoms with Crippen LogP contribution < -0.4 is 5.32 Å². The molecule has 0 unspecified atom stereocenters. The fraction of sp³-hybridized carbons (Fsp3) is 0.333. The highest BCUT2D eigenvalue weighted by Gasteiger charge is 2.19. The maximum atomic E-state index is 12.9. The minimum absolute atomic E-state index is 0.0495. The number of carbonyl (C=O) groups excluding carboxylic acids is 2. The van der Waals surface area contributed by atoms with E-state index < -0.39 is 0 Å². The molecule has 2 aromatic rings. The van der Waals surface area contributed by atoms with Crippen molar-refractivity contribution in [3.63, 3.8) is 0 Å². The van der Waals surface area contributed by atoms with Gasteiger partial charge in [0, 0.05) is 31.6 Å². The van der Waals surface area contributed by atoms with Crippen LogP contribution in [0, 0.1) is 5.82 Å². The minimum atomic E-state index is -0.273. The fourth-order valence-corrected chi connectivity index (χ4v) is 3.07. The van der Waals surface area contributed by atoms with Crippen LogP contribution in [0.1, 0.15) is 40.7 Å². The van der Waals surface area contributed by atoms with Gasteiger partial charge in [0.15, 0.2) is 0 Å². The zero-order valence-corrected chi connectivity index (χ0v) is 14.7. The van der Waals surface area contributed by atoms with E-state index in [4.69, 9.17) is 0 Å². The second-order valence-electron chi connectivity index (χ2n) is 6.60. The van der Waals surface area contributed by atoms with E-state index >= 15 is 0 Å². The zero-order valence-electron chi connectivity index (χ0n) is 14.7. The molecule has 1 N–H and O–H groups in total. The summed E-state index contributed by atoms with van der Waals surface area (Å²) in [6, 6.07) is 13.6. The summed E-state index contributed by atoms with van der Waals surface area (Å²) in [5.41, 5.74) is 2.59. The van der Waals surface area contributed by atoms with Gasteiger partial charge in [0.05, 0.1) is 0 Å². The minimum Gasteiger partial charge on any atom is -0.352 e. The second-order valence-corrected chi connectivity index (χ2v) is 6.60. The first-order valence-corrected chi connectivity index (χ1v) is 9.01. The molecule has 1 fully saturated rings. The molecule has 0 saturated carbocycles. The largest absolute Gasteiger partial charge is 0.352 e. The number of rotatable bonds is 6. The summed E-state index contributed by atoms with van der Waals surface area (Å²) in [5.74, 6) is -0.242. The third kappa shape index (κ3) is 4.91. The molecule has 136 valence electrons. The Bertz CT molecular complexity index is 751. The number of benzene rings is 2. The van der Waals surface area contributed by atoms with Gasteiger partial charge in [-0.15, -0.1) is 0 Å². The van der Waals surface area contributed by atoms with Crippen molar-refractivity contribution >= 4 is 11.8 Å². The number of hydrogen-bond donors (Lipinski definition) is 1. The number of nitrogens with one attached hydrogen (secondary N) is 1. The van der Waals surface area contributed by atoms with E-state index in [9.17, 15) is 14.0 Å². The number of aryl methyl sites for hydroxylation is 1. The summed E-state index contributed by atoms with van der Waals surface area (Å²) in [6.45, 7) is 2.11. The molecule has 0 aliphatic carbocycles. The maximum Gasteiger partial charge on any atom is 0.253 e. The van der Waals surface area contributed by atoms with E-state index in [2.05, 4.69) is 5.32 Å². The molecule has 26 heavy (non-hydrogen) atoms. The van der Waals surface area contributed by atoms with Crippen molar-refractivity contribution in [1.29, 1.82) is 0 Å². The molecule has 1 heterocycles. The van der Waals surface area contributed by atoms with Crippen molar-refractivity contribution < 1.29 is 14.0 Å². The average Bonchev–Trinajstić information content (AvgIpc) is 3.20. The highest BCUT2D eigenvalue weighted by Crippen LogP contribution is 2.13. The summed E-state index contributed by atoms with van der Waals surface area (Å²) in [7, 11) is 0. The molecule has 1 aliphatic heterocycles. The van der Waals surface area contributed by atoms with Crippen LogP contribution >= 0.6 is 0 Å². The average molecular weight is 354 g/mol. The van der Waals surface area contributed by atoms with Crippen LogP contribution in [-0.4, -0.2) is 29.8 Å². The second kappa shape index (κ2) is 8.61. The summed E-state index contributed by atoms with van der Waals surface area (Å²) in [5, 5.41) is 2.88. The van der Waals surface area contributed by atoms with Gasteiger partial charge in [0.1, 0.15) is 5.82 Å². The molecular formula is C21H23FN2O2. The Hall–Kier alpha value is -2.69. The first-order valence-electron chi connectivity index (χ1n) is 9.01. The number of carbonyl (C=O) groups is 2. The molecule has 0 bridgehead atoms. The van der Waals surface area contributed by atoms with Crippen LogP contribution in [-0.2, 0) is 17.8 Å². The lowest BCUT2D eigenvalue weighted by molar-refractivity contribution is -0.121. The SMILES string of the molecule is O=C(CCc1ccc(F)cc1)NCc1ccc(C(=O)N2CCCC2)cc1. The standard InChI is InChI=1S/C21H23FN2O2/c22-19-10-5-16(6-11-19)7-12-20(25)23-15-17-3-8-18(9-4-17)21(26)24-13-1-2-14-24/h3-6,8-11H,1-2,7,12-15H2,(H,23,25). The van der Waals surface area contributed by atoms with Crippen molar-refractivity contribution in [2.24, 2.45) is 0 Å². The molecule has 0 spiro atoms. The van der Waals surface area contributed by atoms with Gasteiger partial charge < -0.3 is 10.2 Å². The highest BCUT2D eigenvalue weighted by molar-refractivity contribution is 5.94. The van der Waals surface area contributed by atoms with Gasteiger partial charge in [0.25, 0.3) is 5.91 Å². The lowest BCUT2D eigenvalue weighted by atomic mass is 10.1. The molecule has 0 radical (unpaired) electrons. The summed E-state index contributed by atoms with van der Waals surface area (Å²) in [6.07, 6.45) is 3.09. The predicted molar refractivity (Wildman–Crippen MR) is 98.1 cm³/mol. The third-order valence-corrected chi connectivity index (χ3v) is 4.64. The number of halogens is 1. The summed E-state index contributed by atoms with van der Waals surface area (Å²) < 4.78 is 12.9. The van der Waals surface area contributed by atoms with E-state index in [1.165, 1.54) is 12.1 Å². The number of nitrogens with zero attached hydrogens (tertiary/aromatic N) is 1. The molecule has 1 saturated heterocycles. The normalized spacial score (nSPS) is 13.7. The lowest BCUT2D eigenvalue weighted by Gasteiger charge is -2.15. The third-order valence-electron chi connectivity index (χ3n) is 4.64. The molecule has 2 amide bonds. The van der Waals surface area contributed by atoms with Crippen molar-refractivity contribution in [1.82, 2.24) is 10.2 Å². The van der Waals surface area contributed by atoms with E-state index in [-0.39, 0.29) is 17.6 Å². The molecule has 3 rings (SSSR count). The smallest absolute Gasteiger partial charge is 0.253 e. The van der Waals surface area contributed by atoms with Crippen LogP contribution in [0.15, 0.2) is 48.5 Å². The lowest BCUT2D eigenvalue weighted by Crippen LogP contribution is -2.27. The van der Waals surface area contributed by atoms with Crippen LogP contribution in [0.3, 0.4) is 0 Å². The molecule has 2 aromatic carbocycles. The zero-order chi connectivity index (χ0) is 18.4. The highest BCUT2D eigenvalue weighted by atomic mass is 19.1. The van der Waals surface area contributed by atoms with Gasteiger partial charge >= 0.3 is 0 Å². The molecule has 4 nitrogen and oxygen atoms in total. The van der Waals surface area contributed by atoms with Crippen molar-refractivity contribution in [2.75, 3.05) is 13.1 Å². The van der Waals surface area contributed by atoms with Crippen LogP contribution in [0.5, 0.6) is 0 Å². The Morgan fingerprint density at radius 1 is 0.923 bits per heavy atom. The Morgan fingerprint density at radius 2 is 1.54 bits per heavy atom. The monoisotopic (exact) mass is 354 g/mol. The van der Waals surface area contributed by atoms with Gasteiger partial charge in [-0.3, -0.25) is 9.59 Å². The van der Waals surface area contributed by atoms with Crippen molar-refractivity contribution in [2.45, 2.75) is 32.2 Å². The topological polar surface area (TPSA) is 49.4 Å². The van der Waals surface area contributed by atoms with E-state index in [0.29, 0.717) is 24.9 Å². The molecule has 0 aromatic heterocycles. The number of amides is 2. The summed E-state index contributed by atoms with van der Waals surface area (Å²) in [4.78, 5) is 26.1. The van der Waals surface area contributed by atoms with E-state index in [1.807, 2.05) is 29.2 Å². The van der Waals surface area contributed by atoms with Gasteiger partial charge in [-0.05, 0) is 54.7 Å². The molecule has 0 atom stereocenters. The van der Waals surface area contributed by atoms with Gasteiger partial charge in [0.2, 0.25) is 5.91 Å². The predicted octanol–water partition coefficient (Wildman–Crippen LogP) is 3.31. The van der Waals surface area contributed by atoms with Gasteiger partial charge in [-0.25, -0.2) is 4.39 Å². The van der Waals surface area contributed by atoms with Crippen molar-refractivity contribution in [3.8, 4) is 0 Å². The molecular weight excluding hydrogens is 331 g/mol. The first-order chi connectivity index (χ1) is 12.6. The molecule has 5 heteroatoms. The van der Waals surface area contributed by atoms with Gasteiger partial charge in [-0.2, -0.15) is 0 Å². The van der Waals surface area contributed by atoms with Crippen LogP contribution in [0.2, 0.25) is 0 Å². The maximum absolute atomic E-state index is 12.9. The Morgan fingerprint density at radius 3 is 2.19 bits per heavy atom. The van der Waals surface area contributed by atoms with Crippen molar-refractivity contribution in [3.05, 3.63) is 71.0 Å². The van der Waals surface area contributed by atoms with Crippen LogP contribution in [0.4, 0.5) is 4.39 Å². The fourth-order valence-electron chi connectivity index (χ4n) is 3.07. The van der Waals surface area contributed by atoms with Crippen LogP contribution in [0.25, 0.3) is 0 Å². The Labute approximate surface area is 153 Å². The quantitative estimate of drug-likeness (QED) is 0.865. The van der Waals surface area contributed by atoms with E-state index in [0.717, 1.165) is 37.1 Å². The molecule has 1 aliphatic rings. The van der Waals surface area contributed by atoms with E-state index in [1.54, 1.807) is 12.1 Å². The van der Waals surface area contributed by atoms with Gasteiger partial charge in [-0.1, -0.05) is 24.3 Å². The Balaban J connectivity index is 1.44. The number of hydrogen-bond acceptors (Lipinski definition) is 2. The number of likely N-dealkylation sites (tertiary alicyclic amines) is 1. The first kappa shape index (κ1) is 18.1. The summed E-state index contributed by atoms with van der Waals surface area (Å²) >= 11 is 0.